The Balaban J connectivity index is 2.23. The molecule has 2 unspecified atom stereocenters. The average Bonchev–Trinajstić information content (AvgIpc) is 2.50. The molecular weight excluding hydrogens is 423 g/mol. The van der Waals surface area contributed by atoms with Gasteiger partial charge in [-0.15, -0.1) is 4.13 Å². The molecule has 160 valence electrons. The van der Waals surface area contributed by atoms with Crippen LogP contribution in [0.2, 0.25) is 0 Å². The molecule has 1 aliphatic heterocycles. The SMILES string of the molecule is CS(=O)(O)(NS(=O)(=O)C(F)(F)C(=O)N1CCC2CCCCC2C1)C(F)(F)F. The maximum absolute atomic E-state index is 14.3. The van der Waals surface area contributed by atoms with Crippen LogP contribution in [0.4, 0.5) is 22.0 Å². The van der Waals surface area contributed by atoms with Gasteiger partial charge in [-0.25, -0.2) is 8.42 Å². The summed E-state index contributed by atoms with van der Waals surface area (Å²) in [4.78, 5) is 12.7. The second-order valence-electron chi connectivity index (χ2n) is 7.18. The number of amides is 1. The summed E-state index contributed by atoms with van der Waals surface area (Å²) in [6.45, 7) is -0.285. The van der Waals surface area contributed by atoms with Crippen molar-refractivity contribution < 1.29 is 43.9 Å². The summed E-state index contributed by atoms with van der Waals surface area (Å²) in [5.74, 6) is -2.06. The molecule has 1 heterocycles. The zero-order valence-corrected chi connectivity index (χ0v) is 16.0. The molecule has 1 amide bonds. The van der Waals surface area contributed by atoms with Crippen LogP contribution in [0.1, 0.15) is 32.1 Å². The van der Waals surface area contributed by atoms with Gasteiger partial charge < -0.3 is 4.90 Å². The van der Waals surface area contributed by atoms with Crippen LogP contribution in [-0.2, 0) is 24.4 Å². The van der Waals surface area contributed by atoms with Gasteiger partial charge in [0.15, 0.2) is 0 Å². The Hall–Kier alpha value is -0.860. The van der Waals surface area contributed by atoms with E-state index in [4.69, 9.17) is 4.55 Å². The molecular formula is C13H21F5N2O5S2. The third kappa shape index (κ3) is 4.12. The molecule has 0 radical (unpaired) electrons. The van der Waals surface area contributed by atoms with Gasteiger partial charge in [-0.3, -0.25) is 9.35 Å². The molecule has 2 aliphatic rings. The van der Waals surface area contributed by atoms with Gasteiger partial charge in [0.2, 0.25) is 0 Å². The number of piperidine rings is 1. The van der Waals surface area contributed by atoms with E-state index in [9.17, 15) is 39.4 Å². The minimum Gasteiger partial charge on any atom is -0.336 e. The van der Waals surface area contributed by atoms with Gasteiger partial charge in [-0.05, 0) is 34.2 Å². The Morgan fingerprint density at radius 1 is 1.11 bits per heavy atom. The van der Waals surface area contributed by atoms with Crippen LogP contribution in [0.5, 0.6) is 0 Å². The number of sulfonamides is 1. The summed E-state index contributed by atoms with van der Waals surface area (Å²) in [5, 5.41) is -5.33. The molecule has 1 aliphatic carbocycles. The second-order valence-corrected chi connectivity index (χ2v) is 12.4. The highest BCUT2D eigenvalue weighted by atomic mass is 32.3. The van der Waals surface area contributed by atoms with Crippen LogP contribution in [0.15, 0.2) is 0 Å². The molecule has 7 nitrogen and oxygen atoms in total. The minimum absolute atomic E-state index is 0.0839. The summed E-state index contributed by atoms with van der Waals surface area (Å²) in [6, 6.07) is 0. The molecule has 0 aromatic heterocycles. The first kappa shape index (κ1) is 22.4. The lowest BCUT2D eigenvalue weighted by atomic mass is 9.75. The number of nitrogens with zero attached hydrogens (tertiary/aromatic N) is 1. The van der Waals surface area contributed by atoms with Crippen molar-refractivity contribution in [1.82, 2.24) is 9.03 Å². The van der Waals surface area contributed by atoms with E-state index in [-0.39, 0.29) is 29.1 Å². The molecule has 1 saturated carbocycles. The number of carbonyl (C=O) groups excluding carboxylic acids is 1. The van der Waals surface area contributed by atoms with E-state index in [1.807, 2.05) is 0 Å². The molecule has 0 spiro atoms. The van der Waals surface area contributed by atoms with Crippen LogP contribution in [0, 0.1) is 11.8 Å². The molecule has 0 bridgehead atoms. The smallest absolute Gasteiger partial charge is 0.336 e. The van der Waals surface area contributed by atoms with Crippen molar-refractivity contribution in [3.05, 3.63) is 0 Å². The number of likely N-dealkylation sites (tertiary alicyclic amines) is 1. The Labute approximate surface area is 153 Å². The van der Waals surface area contributed by atoms with Crippen molar-refractivity contribution in [2.75, 3.05) is 19.3 Å². The summed E-state index contributed by atoms with van der Waals surface area (Å²) in [6.07, 6.45) is 3.30. The number of alkyl halides is 5. The van der Waals surface area contributed by atoms with Crippen molar-refractivity contribution in [3.8, 4) is 0 Å². The molecule has 0 aromatic rings. The molecule has 1 saturated heterocycles. The summed E-state index contributed by atoms with van der Waals surface area (Å²) >= 11 is 0. The summed E-state index contributed by atoms with van der Waals surface area (Å²) < 4.78 is 111. The number of hydrogen-bond donors (Lipinski definition) is 2. The van der Waals surface area contributed by atoms with Gasteiger partial charge in [0.05, 0.1) is 0 Å². The molecule has 2 N–H and O–H groups in total. The van der Waals surface area contributed by atoms with Gasteiger partial charge in [-0.2, -0.15) is 26.2 Å². The van der Waals surface area contributed by atoms with Crippen LogP contribution < -0.4 is 4.13 Å². The number of rotatable bonds is 4. The van der Waals surface area contributed by atoms with Crippen molar-refractivity contribution in [1.29, 1.82) is 0 Å². The highest BCUT2D eigenvalue weighted by molar-refractivity contribution is 8.20. The monoisotopic (exact) mass is 444 g/mol. The topological polar surface area (TPSA) is 104 Å². The van der Waals surface area contributed by atoms with Gasteiger partial charge in [0.25, 0.3) is 0 Å². The zero-order chi connectivity index (χ0) is 20.9. The number of carbonyl (C=O) groups is 1. The van der Waals surface area contributed by atoms with Crippen LogP contribution in [0.3, 0.4) is 0 Å². The van der Waals surface area contributed by atoms with E-state index in [1.165, 1.54) is 0 Å². The maximum Gasteiger partial charge on any atom is 0.505 e. The number of hydrogen-bond acceptors (Lipinski definition) is 4. The Morgan fingerprint density at radius 2 is 1.63 bits per heavy atom. The van der Waals surface area contributed by atoms with Crippen molar-refractivity contribution in [2.45, 2.75) is 42.9 Å². The fraction of sp³-hybridized carbons (Fsp3) is 0.923. The lowest BCUT2D eigenvalue weighted by molar-refractivity contribution is -0.150. The molecule has 2 atom stereocenters. The first-order valence-electron chi connectivity index (χ1n) is 8.13. The van der Waals surface area contributed by atoms with Gasteiger partial charge in [0.1, 0.15) is 0 Å². The highest BCUT2D eigenvalue weighted by Gasteiger charge is 2.62. The largest absolute Gasteiger partial charge is 0.505 e. The van der Waals surface area contributed by atoms with E-state index >= 15 is 0 Å². The summed E-state index contributed by atoms with van der Waals surface area (Å²) in [7, 11) is -13.7. The van der Waals surface area contributed by atoms with Gasteiger partial charge in [0, 0.05) is 19.3 Å². The van der Waals surface area contributed by atoms with Crippen molar-refractivity contribution >= 4 is 25.5 Å². The van der Waals surface area contributed by atoms with E-state index in [1.54, 1.807) is 0 Å². The fourth-order valence-corrected chi connectivity index (χ4v) is 6.67. The highest BCUT2D eigenvalue weighted by Crippen LogP contribution is 2.40. The van der Waals surface area contributed by atoms with E-state index in [2.05, 4.69) is 0 Å². The molecule has 14 heteroatoms. The quantitative estimate of drug-likeness (QED) is 0.645. The predicted molar refractivity (Wildman–Crippen MR) is 86.4 cm³/mol. The van der Waals surface area contributed by atoms with Crippen molar-refractivity contribution in [2.24, 2.45) is 11.8 Å². The van der Waals surface area contributed by atoms with Crippen LogP contribution in [0.25, 0.3) is 0 Å². The third-order valence-electron chi connectivity index (χ3n) is 5.02. The predicted octanol–water partition coefficient (Wildman–Crippen LogP) is 1.89. The van der Waals surface area contributed by atoms with Crippen LogP contribution >= 0.6 is 0 Å². The number of fused-ring (bicyclic) bond motifs is 1. The fourth-order valence-electron chi connectivity index (χ4n) is 3.44. The average molecular weight is 444 g/mol. The number of halogens is 5. The van der Waals surface area contributed by atoms with Gasteiger partial charge >= 0.3 is 26.7 Å². The lowest BCUT2D eigenvalue weighted by Crippen LogP contribution is -2.64. The Kier molecular flexibility index (Phi) is 5.48. The standard InChI is InChI=1S/C13H21F5N2O5S2/c1-27(24,25,13(16,17)18)19-26(22,23)12(14,15)11(21)20-7-6-9-4-2-3-5-10(9)8-20/h9-10H,2-8H2,1H3,(H2,19,24,25). The summed E-state index contributed by atoms with van der Waals surface area (Å²) in [5.41, 5.74) is -6.05. The normalized spacial score (nSPS) is 26.8. The second kappa shape index (κ2) is 6.59. The van der Waals surface area contributed by atoms with Crippen LogP contribution in [-0.4, -0.2) is 58.1 Å². The Bertz CT molecular complexity index is 776. The van der Waals surface area contributed by atoms with E-state index in [0.717, 1.165) is 19.3 Å². The molecule has 2 fully saturated rings. The lowest BCUT2D eigenvalue weighted by Gasteiger charge is -2.43. The molecule has 27 heavy (non-hydrogen) atoms. The minimum atomic E-state index is -7.21. The maximum atomic E-state index is 14.3. The van der Waals surface area contributed by atoms with E-state index in [0.29, 0.717) is 17.7 Å². The van der Waals surface area contributed by atoms with E-state index < -0.39 is 42.5 Å². The first-order chi connectivity index (χ1) is 12.0. The molecule has 2 rings (SSSR count). The van der Waals surface area contributed by atoms with Crippen molar-refractivity contribution in [3.63, 3.8) is 0 Å². The first-order valence-corrected chi connectivity index (χ1v) is 11.9. The molecule has 0 aromatic carbocycles. The van der Waals surface area contributed by atoms with Gasteiger partial charge in [-0.1, -0.05) is 19.3 Å². The third-order valence-corrected chi connectivity index (χ3v) is 9.40. The number of nitrogens with one attached hydrogen (secondary N) is 1. The zero-order valence-electron chi connectivity index (χ0n) is 14.3. The Morgan fingerprint density at radius 3 is 2.15 bits per heavy atom.